The second kappa shape index (κ2) is 8.41. The van der Waals surface area contributed by atoms with Gasteiger partial charge in [-0.3, -0.25) is 4.79 Å². The Bertz CT molecular complexity index is 1070. The third-order valence-electron chi connectivity index (χ3n) is 4.33. The molecule has 0 unspecified atom stereocenters. The van der Waals surface area contributed by atoms with Crippen LogP contribution in [0.3, 0.4) is 0 Å². The van der Waals surface area contributed by atoms with Gasteiger partial charge in [0.25, 0.3) is 5.91 Å². The lowest BCUT2D eigenvalue weighted by atomic mass is 10.1. The highest BCUT2D eigenvalue weighted by Crippen LogP contribution is 2.23. The van der Waals surface area contributed by atoms with Crippen molar-refractivity contribution in [2.24, 2.45) is 0 Å². The number of amides is 1. The van der Waals surface area contributed by atoms with Crippen LogP contribution in [0.15, 0.2) is 66.7 Å². The Balaban J connectivity index is 1.57. The van der Waals surface area contributed by atoms with Gasteiger partial charge < -0.3 is 10.1 Å². The van der Waals surface area contributed by atoms with E-state index in [0.29, 0.717) is 5.75 Å². The minimum atomic E-state index is -3.23. The summed E-state index contributed by atoms with van der Waals surface area (Å²) in [5.41, 5.74) is 1.58. The van der Waals surface area contributed by atoms with Gasteiger partial charge in [0.1, 0.15) is 5.75 Å². The zero-order valence-electron chi connectivity index (χ0n) is 15.8. The summed E-state index contributed by atoms with van der Waals surface area (Å²) in [5, 5.41) is 4.89. The lowest BCUT2D eigenvalue weighted by Gasteiger charge is -2.14. The second-order valence-corrected chi connectivity index (χ2v) is 8.62. The predicted molar refractivity (Wildman–Crippen MR) is 111 cm³/mol. The van der Waals surface area contributed by atoms with Crippen molar-refractivity contribution >= 4 is 32.4 Å². The first-order valence-electron chi connectivity index (χ1n) is 8.73. The van der Waals surface area contributed by atoms with Gasteiger partial charge in [-0.2, -0.15) is 0 Å². The molecule has 0 bridgehead atoms. The number of sulfonamides is 1. The molecule has 0 aliphatic rings. The fourth-order valence-electron chi connectivity index (χ4n) is 2.74. The summed E-state index contributed by atoms with van der Waals surface area (Å²) in [5.74, 6) is 0.288. The summed E-state index contributed by atoms with van der Waals surface area (Å²) >= 11 is 0. The molecule has 0 aliphatic heterocycles. The van der Waals surface area contributed by atoms with Gasteiger partial charge in [-0.15, -0.1) is 0 Å². The molecular weight excluding hydrogens is 376 g/mol. The molecule has 7 heteroatoms. The monoisotopic (exact) mass is 398 g/mol. The minimum absolute atomic E-state index is 0.119. The van der Waals surface area contributed by atoms with Gasteiger partial charge in [-0.05, 0) is 29.1 Å². The summed E-state index contributed by atoms with van der Waals surface area (Å²) in [4.78, 5) is 12.2. The normalized spacial score (nSPS) is 11.5. The Kier molecular flexibility index (Phi) is 5.96. The first-order chi connectivity index (χ1) is 13.3. The SMILES string of the molecule is CN(Cc1ccc(OCC(=O)Nc2cccc3ccccc23)cc1)S(C)(=O)=O. The molecule has 3 aromatic carbocycles. The van der Waals surface area contributed by atoms with Crippen LogP contribution in [0.4, 0.5) is 5.69 Å². The molecule has 0 aromatic heterocycles. The molecule has 0 heterocycles. The molecule has 0 saturated carbocycles. The first kappa shape index (κ1) is 19.9. The second-order valence-electron chi connectivity index (χ2n) is 6.53. The Hall–Kier alpha value is -2.90. The lowest BCUT2D eigenvalue weighted by Crippen LogP contribution is -2.24. The molecule has 0 radical (unpaired) electrons. The molecule has 1 amide bonds. The van der Waals surface area contributed by atoms with E-state index >= 15 is 0 Å². The van der Waals surface area contributed by atoms with Gasteiger partial charge in [-0.1, -0.05) is 48.5 Å². The van der Waals surface area contributed by atoms with Gasteiger partial charge >= 0.3 is 0 Å². The number of hydrogen-bond donors (Lipinski definition) is 1. The molecule has 0 saturated heterocycles. The van der Waals surface area contributed by atoms with Crippen molar-refractivity contribution in [1.29, 1.82) is 0 Å². The molecule has 3 aromatic rings. The number of rotatable bonds is 7. The van der Waals surface area contributed by atoms with E-state index < -0.39 is 10.0 Å². The van der Waals surface area contributed by atoms with Crippen molar-refractivity contribution in [2.75, 3.05) is 25.2 Å². The molecule has 0 atom stereocenters. The van der Waals surface area contributed by atoms with E-state index in [1.54, 1.807) is 24.3 Å². The van der Waals surface area contributed by atoms with Gasteiger partial charge in [-0.25, -0.2) is 12.7 Å². The molecule has 1 N–H and O–H groups in total. The van der Waals surface area contributed by atoms with Crippen molar-refractivity contribution in [3.8, 4) is 5.75 Å². The van der Waals surface area contributed by atoms with Crippen LogP contribution >= 0.6 is 0 Å². The standard InChI is InChI=1S/C21H22N2O4S/c1-23(28(2,25)26)14-16-10-12-18(13-11-16)27-15-21(24)22-20-9-5-7-17-6-3-4-8-19(17)20/h3-13H,14-15H2,1-2H3,(H,22,24). The molecule has 6 nitrogen and oxygen atoms in total. The maximum atomic E-state index is 12.2. The van der Waals surface area contributed by atoms with Crippen LogP contribution in [-0.4, -0.2) is 38.5 Å². The highest BCUT2D eigenvalue weighted by molar-refractivity contribution is 7.88. The largest absolute Gasteiger partial charge is 0.484 e. The molecular formula is C21H22N2O4S. The number of ether oxygens (including phenoxy) is 1. The molecule has 0 spiro atoms. The fourth-order valence-corrected chi connectivity index (χ4v) is 3.12. The molecule has 0 fully saturated rings. The highest BCUT2D eigenvalue weighted by atomic mass is 32.2. The Labute approximate surface area is 164 Å². The van der Waals surface area contributed by atoms with Crippen LogP contribution < -0.4 is 10.1 Å². The molecule has 0 aliphatic carbocycles. The smallest absolute Gasteiger partial charge is 0.262 e. The number of nitrogens with one attached hydrogen (secondary N) is 1. The number of nitrogens with zero attached hydrogens (tertiary/aromatic N) is 1. The average molecular weight is 398 g/mol. The Morgan fingerprint density at radius 1 is 1.00 bits per heavy atom. The highest BCUT2D eigenvalue weighted by Gasteiger charge is 2.11. The van der Waals surface area contributed by atoms with E-state index in [4.69, 9.17) is 4.74 Å². The quantitative estimate of drug-likeness (QED) is 0.663. The molecule has 146 valence electrons. The third-order valence-corrected chi connectivity index (χ3v) is 5.59. The fraction of sp³-hybridized carbons (Fsp3) is 0.190. The van der Waals surface area contributed by atoms with Crippen LogP contribution in [0.25, 0.3) is 10.8 Å². The number of fused-ring (bicyclic) bond motifs is 1. The summed E-state index contributed by atoms with van der Waals surface area (Å²) in [6, 6.07) is 20.6. The zero-order chi connectivity index (χ0) is 20.1. The topological polar surface area (TPSA) is 75.7 Å². The van der Waals surface area contributed by atoms with E-state index in [1.807, 2.05) is 42.5 Å². The zero-order valence-corrected chi connectivity index (χ0v) is 16.6. The summed E-state index contributed by atoms with van der Waals surface area (Å²) in [6.45, 7) is 0.159. The Morgan fingerprint density at radius 2 is 1.68 bits per heavy atom. The van der Waals surface area contributed by atoms with Gasteiger partial charge in [0.2, 0.25) is 10.0 Å². The number of carbonyl (C=O) groups excluding carboxylic acids is 1. The Morgan fingerprint density at radius 3 is 2.39 bits per heavy atom. The molecule has 28 heavy (non-hydrogen) atoms. The van der Waals surface area contributed by atoms with Crippen LogP contribution in [0.2, 0.25) is 0 Å². The van der Waals surface area contributed by atoms with E-state index in [-0.39, 0.29) is 19.1 Å². The van der Waals surface area contributed by atoms with E-state index in [2.05, 4.69) is 5.32 Å². The summed E-state index contributed by atoms with van der Waals surface area (Å²) < 4.78 is 29.7. The van der Waals surface area contributed by atoms with Crippen LogP contribution in [0.5, 0.6) is 5.75 Å². The number of carbonyl (C=O) groups is 1. The van der Waals surface area contributed by atoms with Crippen LogP contribution in [-0.2, 0) is 21.4 Å². The minimum Gasteiger partial charge on any atom is -0.484 e. The van der Waals surface area contributed by atoms with Crippen molar-refractivity contribution in [3.05, 3.63) is 72.3 Å². The lowest BCUT2D eigenvalue weighted by molar-refractivity contribution is -0.118. The number of hydrogen-bond acceptors (Lipinski definition) is 4. The van der Waals surface area contributed by atoms with Crippen molar-refractivity contribution < 1.29 is 17.9 Å². The summed E-state index contributed by atoms with van der Waals surface area (Å²) in [6.07, 6.45) is 1.17. The van der Waals surface area contributed by atoms with Crippen molar-refractivity contribution in [2.45, 2.75) is 6.54 Å². The first-order valence-corrected chi connectivity index (χ1v) is 10.6. The van der Waals surface area contributed by atoms with Crippen molar-refractivity contribution in [3.63, 3.8) is 0 Å². The van der Waals surface area contributed by atoms with E-state index in [0.717, 1.165) is 22.0 Å². The van der Waals surface area contributed by atoms with Gasteiger partial charge in [0.15, 0.2) is 6.61 Å². The number of benzene rings is 3. The van der Waals surface area contributed by atoms with Crippen molar-refractivity contribution in [1.82, 2.24) is 4.31 Å². The van der Waals surface area contributed by atoms with E-state index in [1.165, 1.54) is 17.6 Å². The van der Waals surface area contributed by atoms with Crippen LogP contribution in [0, 0.1) is 0 Å². The summed E-state index contributed by atoms with van der Waals surface area (Å²) in [7, 11) is -1.70. The molecule has 3 rings (SSSR count). The van der Waals surface area contributed by atoms with Gasteiger partial charge in [0, 0.05) is 24.7 Å². The van der Waals surface area contributed by atoms with Gasteiger partial charge in [0.05, 0.1) is 6.26 Å². The van der Waals surface area contributed by atoms with E-state index in [9.17, 15) is 13.2 Å². The third kappa shape index (κ3) is 5.09. The maximum Gasteiger partial charge on any atom is 0.262 e. The predicted octanol–water partition coefficient (Wildman–Crippen LogP) is 3.25. The maximum absolute atomic E-state index is 12.2. The number of anilines is 1. The van der Waals surface area contributed by atoms with Crippen LogP contribution in [0.1, 0.15) is 5.56 Å². The average Bonchev–Trinajstić information content (AvgIpc) is 2.67.